The highest BCUT2D eigenvalue weighted by molar-refractivity contribution is 7.92. The van der Waals surface area contributed by atoms with E-state index in [9.17, 15) is 13.2 Å². The Labute approximate surface area is 153 Å². The van der Waals surface area contributed by atoms with E-state index in [1.807, 2.05) is 0 Å². The molecule has 7 heteroatoms. The first-order chi connectivity index (χ1) is 11.2. The van der Waals surface area contributed by atoms with Gasteiger partial charge in [-0.05, 0) is 43.4 Å². The van der Waals surface area contributed by atoms with Crippen molar-refractivity contribution < 1.29 is 13.2 Å². The number of rotatable bonds is 5. The van der Waals surface area contributed by atoms with Gasteiger partial charge in [0.05, 0.1) is 15.8 Å². The maximum absolute atomic E-state index is 12.5. The second kappa shape index (κ2) is 8.07. The Bertz CT molecular complexity index is 706. The second-order valence-electron chi connectivity index (χ2n) is 6.57. The lowest BCUT2D eigenvalue weighted by Crippen LogP contribution is -2.47. The lowest BCUT2D eigenvalue weighted by Gasteiger charge is -2.30. The first-order valence-electron chi connectivity index (χ1n) is 8.16. The maximum atomic E-state index is 12.5. The minimum atomic E-state index is -3.62. The van der Waals surface area contributed by atoms with Crippen LogP contribution in [-0.4, -0.2) is 25.6 Å². The molecule has 0 bridgehead atoms. The third-order valence-electron chi connectivity index (χ3n) is 4.70. The van der Waals surface area contributed by atoms with E-state index in [2.05, 4.69) is 12.2 Å². The summed E-state index contributed by atoms with van der Waals surface area (Å²) in [6.45, 7) is 3.54. The molecule has 1 amide bonds. The molecular formula is C17H23Cl2NO3S. The van der Waals surface area contributed by atoms with Gasteiger partial charge in [0.25, 0.3) is 0 Å². The van der Waals surface area contributed by atoms with Crippen molar-refractivity contribution in [1.29, 1.82) is 0 Å². The van der Waals surface area contributed by atoms with Crippen molar-refractivity contribution in [3.05, 3.63) is 33.8 Å². The summed E-state index contributed by atoms with van der Waals surface area (Å²) in [5.74, 6) is -0.278. The average Bonchev–Trinajstić information content (AvgIpc) is 2.52. The van der Waals surface area contributed by atoms with Gasteiger partial charge in [0.15, 0.2) is 9.84 Å². The van der Waals surface area contributed by atoms with Crippen molar-refractivity contribution in [2.45, 2.75) is 56.6 Å². The number of sulfone groups is 1. The van der Waals surface area contributed by atoms with Crippen LogP contribution in [0, 0.1) is 5.92 Å². The number of benzene rings is 1. The SMILES string of the molecule is C[C@@H]1CCCC[C@@H]1NC(=O)[C@H](C)S(=O)(=O)Cc1ccc(Cl)c(Cl)c1. The highest BCUT2D eigenvalue weighted by atomic mass is 35.5. The van der Waals surface area contributed by atoms with E-state index in [0.29, 0.717) is 21.5 Å². The standard InChI is InChI=1S/C17H23Cl2NO3S/c1-11-5-3-4-6-16(11)20-17(21)12(2)24(22,23)10-13-7-8-14(18)15(19)9-13/h7-9,11-12,16H,3-6,10H2,1-2H3,(H,20,21)/t11-,12+,16+/m1/s1. The molecule has 0 radical (unpaired) electrons. The van der Waals surface area contributed by atoms with Crippen LogP contribution in [0.4, 0.5) is 0 Å². The van der Waals surface area contributed by atoms with E-state index >= 15 is 0 Å². The monoisotopic (exact) mass is 391 g/mol. The third kappa shape index (κ3) is 4.87. The molecule has 1 saturated carbocycles. The summed E-state index contributed by atoms with van der Waals surface area (Å²) >= 11 is 11.8. The quantitative estimate of drug-likeness (QED) is 0.824. The van der Waals surface area contributed by atoms with Crippen molar-refractivity contribution in [2.75, 3.05) is 0 Å². The van der Waals surface area contributed by atoms with E-state index in [1.54, 1.807) is 12.1 Å². The molecule has 1 N–H and O–H groups in total. The topological polar surface area (TPSA) is 63.2 Å². The summed E-state index contributed by atoms with van der Waals surface area (Å²) in [5, 5.41) is 2.49. The highest BCUT2D eigenvalue weighted by Crippen LogP contribution is 2.25. The number of hydrogen-bond acceptors (Lipinski definition) is 3. The van der Waals surface area contributed by atoms with Crippen LogP contribution in [0.1, 0.15) is 45.1 Å². The van der Waals surface area contributed by atoms with Gasteiger partial charge in [-0.1, -0.05) is 49.0 Å². The normalized spacial score (nSPS) is 22.8. The fraction of sp³-hybridized carbons (Fsp3) is 0.588. The van der Waals surface area contributed by atoms with Crippen molar-refractivity contribution in [2.24, 2.45) is 5.92 Å². The van der Waals surface area contributed by atoms with Gasteiger partial charge in [-0.2, -0.15) is 0 Å². The number of nitrogens with one attached hydrogen (secondary N) is 1. The third-order valence-corrected chi connectivity index (χ3v) is 7.47. The van der Waals surface area contributed by atoms with E-state index in [-0.39, 0.29) is 11.8 Å². The molecule has 0 aromatic heterocycles. The molecule has 3 atom stereocenters. The van der Waals surface area contributed by atoms with Crippen molar-refractivity contribution in [3.8, 4) is 0 Å². The Morgan fingerprint density at radius 3 is 2.54 bits per heavy atom. The van der Waals surface area contributed by atoms with E-state index in [1.165, 1.54) is 19.4 Å². The van der Waals surface area contributed by atoms with Gasteiger partial charge in [-0.15, -0.1) is 0 Å². The molecule has 4 nitrogen and oxygen atoms in total. The molecule has 2 rings (SSSR count). The highest BCUT2D eigenvalue weighted by Gasteiger charge is 2.31. The van der Waals surface area contributed by atoms with Crippen molar-refractivity contribution in [3.63, 3.8) is 0 Å². The minimum Gasteiger partial charge on any atom is -0.352 e. The van der Waals surface area contributed by atoms with Gasteiger partial charge in [-0.25, -0.2) is 8.42 Å². The summed E-state index contributed by atoms with van der Waals surface area (Å²) in [6.07, 6.45) is 4.21. The first kappa shape index (κ1) is 19.5. The molecule has 0 heterocycles. The van der Waals surface area contributed by atoms with Crippen LogP contribution < -0.4 is 5.32 Å². The van der Waals surface area contributed by atoms with Crippen LogP contribution in [0.3, 0.4) is 0 Å². The molecule has 0 saturated heterocycles. The Morgan fingerprint density at radius 2 is 1.92 bits per heavy atom. The molecule has 24 heavy (non-hydrogen) atoms. The van der Waals surface area contributed by atoms with Crippen molar-refractivity contribution in [1.82, 2.24) is 5.32 Å². The fourth-order valence-corrected chi connectivity index (χ4v) is 4.59. The molecular weight excluding hydrogens is 369 g/mol. The molecule has 1 fully saturated rings. The van der Waals surface area contributed by atoms with Gasteiger partial charge in [-0.3, -0.25) is 4.79 Å². The largest absolute Gasteiger partial charge is 0.352 e. The zero-order chi connectivity index (χ0) is 17.9. The smallest absolute Gasteiger partial charge is 0.238 e. The van der Waals surface area contributed by atoms with Crippen LogP contribution in [0.2, 0.25) is 10.0 Å². The predicted octanol–water partition coefficient (Wildman–Crippen LogP) is 3.99. The molecule has 0 aliphatic heterocycles. The van der Waals surface area contributed by atoms with Gasteiger partial charge in [0.2, 0.25) is 5.91 Å². The second-order valence-corrected chi connectivity index (χ2v) is 9.71. The Balaban J connectivity index is 2.04. The molecule has 0 spiro atoms. The fourth-order valence-electron chi connectivity index (χ4n) is 2.98. The molecule has 1 aromatic rings. The Morgan fingerprint density at radius 1 is 1.25 bits per heavy atom. The van der Waals surface area contributed by atoms with Gasteiger partial charge in [0, 0.05) is 6.04 Å². The summed E-state index contributed by atoms with van der Waals surface area (Å²) in [7, 11) is -3.62. The molecule has 1 aromatic carbocycles. The van der Waals surface area contributed by atoms with Gasteiger partial charge < -0.3 is 5.32 Å². The van der Waals surface area contributed by atoms with Crippen molar-refractivity contribution >= 4 is 38.9 Å². The van der Waals surface area contributed by atoms with Gasteiger partial charge >= 0.3 is 0 Å². The van der Waals surface area contributed by atoms with Crippen LogP contribution >= 0.6 is 23.2 Å². The van der Waals surface area contributed by atoms with E-state index in [0.717, 1.165) is 19.3 Å². The minimum absolute atomic E-state index is 0.0638. The number of carbonyl (C=O) groups excluding carboxylic acids is 1. The van der Waals surface area contributed by atoms with E-state index in [4.69, 9.17) is 23.2 Å². The van der Waals surface area contributed by atoms with Crippen LogP contribution in [0.5, 0.6) is 0 Å². The number of halogens is 2. The van der Waals surface area contributed by atoms with Crippen LogP contribution in [0.15, 0.2) is 18.2 Å². The summed E-state index contributed by atoms with van der Waals surface area (Å²) in [5.41, 5.74) is 0.523. The lowest BCUT2D eigenvalue weighted by atomic mass is 9.86. The zero-order valence-electron chi connectivity index (χ0n) is 13.9. The molecule has 0 unspecified atom stereocenters. The van der Waals surface area contributed by atoms with E-state index < -0.39 is 21.0 Å². The number of carbonyl (C=O) groups is 1. The first-order valence-corrected chi connectivity index (χ1v) is 10.6. The lowest BCUT2D eigenvalue weighted by molar-refractivity contribution is -0.121. The Kier molecular flexibility index (Phi) is 6.57. The molecule has 1 aliphatic carbocycles. The summed E-state index contributed by atoms with van der Waals surface area (Å²) < 4.78 is 25.0. The van der Waals surface area contributed by atoms with Crippen LogP contribution in [0.25, 0.3) is 0 Å². The predicted molar refractivity (Wildman–Crippen MR) is 98.1 cm³/mol. The van der Waals surface area contributed by atoms with Crippen LogP contribution in [-0.2, 0) is 20.4 Å². The number of hydrogen-bond donors (Lipinski definition) is 1. The molecule has 1 aliphatic rings. The van der Waals surface area contributed by atoms with Gasteiger partial charge in [0.1, 0.15) is 5.25 Å². The maximum Gasteiger partial charge on any atom is 0.238 e. The number of amides is 1. The average molecular weight is 392 g/mol. The zero-order valence-corrected chi connectivity index (χ0v) is 16.2. The summed E-state index contributed by atoms with van der Waals surface area (Å²) in [6, 6.07) is 4.76. The summed E-state index contributed by atoms with van der Waals surface area (Å²) in [4.78, 5) is 12.4. The molecule has 134 valence electrons. The Hall–Kier alpha value is -0.780.